The number of terminal acetylenes is 1. The highest BCUT2D eigenvalue weighted by atomic mass is 16.5. The fraction of sp³-hybridized carbons (Fsp3) is 0.385. The van der Waals surface area contributed by atoms with Gasteiger partial charge < -0.3 is 14.6 Å². The third-order valence-corrected chi connectivity index (χ3v) is 2.30. The lowest BCUT2D eigenvalue weighted by Crippen LogP contribution is -2.29. The number of methoxy groups -OCH3 is 1. The molecule has 0 fully saturated rings. The second-order valence-electron chi connectivity index (χ2n) is 3.37. The molecule has 0 amide bonds. The van der Waals surface area contributed by atoms with Gasteiger partial charge in [0.1, 0.15) is 5.75 Å². The average molecular weight is 220 g/mol. The van der Waals surface area contributed by atoms with E-state index in [9.17, 15) is 5.11 Å². The summed E-state index contributed by atoms with van der Waals surface area (Å²) in [7, 11) is 1.57. The van der Waals surface area contributed by atoms with Crippen LogP contribution in [0.4, 0.5) is 0 Å². The summed E-state index contributed by atoms with van der Waals surface area (Å²) >= 11 is 0. The Hall–Kier alpha value is -1.50. The van der Waals surface area contributed by atoms with Crippen LogP contribution < -0.4 is 4.74 Å². The van der Waals surface area contributed by atoms with Crippen LogP contribution in [0.15, 0.2) is 24.3 Å². The first-order valence-corrected chi connectivity index (χ1v) is 5.08. The molecule has 1 rings (SSSR count). The molecule has 1 atom stereocenters. The Bertz CT molecular complexity index is 381. The topological polar surface area (TPSA) is 38.7 Å². The molecule has 0 saturated carbocycles. The van der Waals surface area contributed by atoms with Gasteiger partial charge in [-0.3, -0.25) is 0 Å². The van der Waals surface area contributed by atoms with E-state index < -0.39 is 5.60 Å². The molecule has 0 spiro atoms. The van der Waals surface area contributed by atoms with Crippen molar-refractivity contribution in [3.05, 3.63) is 29.8 Å². The quantitative estimate of drug-likeness (QED) is 0.765. The van der Waals surface area contributed by atoms with Crippen molar-refractivity contribution >= 4 is 0 Å². The molecule has 0 bridgehead atoms. The minimum atomic E-state index is -1.40. The third-order valence-electron chi connectivity index (χ3n) is 2.30. The second kappa shape index (κ2) is 5.55. The molecule has 0 heterocycles. The van der Waals surface area contributed by atoms with Crippen molar-refractivity contribution in [2.45, 2.75) is 12.5 Å². The highest BCUT2D eigenvalue weighted by molar-refractivity contribution is 5.36. The minimum Gasteiger partial charge on any atom is -0.497 e. The maximum Gasteiger partial charge on any atom is 0.174 e. The van der Waals surface area contributed by atoms with Crippen molar-refractivity contribution in [1.29, 1.82) is 0 Å². The molecule has 0 aliphatic heterocycles. The first-order valence-electron chi connectivity index (χ1n) is 5.08. The predicted octanol–water partition coefficient (Wildman–Crippen LogP) is 1.55. The minimum absolute atomic E-state index is 0.0766. The highest BCUT2D eigenvalue weighted by Gasteiger charge is 2.27. The normalized spacial score (nSPS) is 13.9. The van der Waals surface area contributed by atoms with E-state index in [0.717, 1.165) is 0 Å². The molecule has 16 heavy (non-hydrogen) atoms. The van der Waals surface area contributed by atoms with Crippen LogP contribution in [0.5, 0.6) is 5.75 Å². The molecule has 0 aromatic heterocycles. The van der Waals surface area contributed by atoms with Gasteiger partial charge in [0, 0.05) is 12.2 Å². The summed E-state index contributed by atoms with van der Waals surface area (Å²) in [5.74, 6) is 3.01. The largest absolute Gasteiger partial charge is 0.497 e. The van der Waals surface area contributed by atoms with Crippen molar-refractivity contribution in [3.63, 3.8) is 0 Å². The highest BCUT2D eigenvalue weighted by Crippen LogP contribution is 2.24. The molecule has 3 nitrogen and oxygen atoms in total. The van der Waals surface area contributed by atoms with Crippen molar-refractivity contribution in [2.75, 3.05) is 20.3 Å². The van der Waals surface area contributed by atoms with Gasteiger partial charge in [-0.2, -0.15) is 0 Å². The van der Waals surface area contributed by atoms with Gasteiger partial charge in [0.25, 0.3) is 0 Å². The fourth-order valence-corrected chi connectivity index (χ4v) is 1.34. The van der Waals surface area contributed by atoms with E-state index in [4.69, 9.17) is 15.9 Å². The lowest BCUT2D eigenvalue weighted by Gasteiger charge is -2.22. The number of rotatable bonds is 5. The van der Waals surface area contributed by atoms with Gasteiger partial charge in [0.15, 0.2) is 5.60 Å². The summed E-state index contributed by atoms with van der Waals surface area (Å²) in [5, 5.41) is 10.2. The molecule has 3 heteroatoms. The van der Waals surface area contributed by atoms with E-state index in [1.807, 2.05) is 6.92 Å². The summed E-state index contributed by atoms with van der Waals surface area (Å²) < 4.78 is 10.3. The number of ether oxygens (including phenoxy) is 2. The monoisotopic (exact) mass is 220 g/mol. The van der Waals surface area contributed by atoms with Gasteiger partial charge >= 0.3 is 0 Å². The maximum atomic E-state index is 10.2. The van der Waals surface area contributed by atoms with E-state index >= 15 is 0 Å². The zero-order valence-electron chi connectivity index (χ0n) is 9.56. The second-order valence-corrected chi connectivity index (χ2v) is 3.37. The molecule has 0 radical (unpaired) electrons. The van der Waals surface area contributed by atoms with Gasteiger partial charge in [0.2, 0.25) is 0 Å². The van der Waals surface area contributed by atoms with Crippen molar-refractivity contribution < 1.29 is 14.6 Å². The van der Waals surface area contributed by atoms with Crippen LogP contribution >= 0.6 is 0 Å². The molecular weight excluding hydrogens is 204 g/mol. The van der Waals surface area contributed by atoms with Crippen molar-refractivity contribution in [2.24, 2.45) is 0 Å². The third kappa shape index (κ3) is 2.75. The smallest absolute Gasteiger partial charge is 0.174 e. The van der Waals surface area contributed by atoms with Gasteiger partial charge in [-0.05, 0) is 19.1 Å². The SMILES string of the molecule is C#CC(O)(COCC)c1cccc(OC)c1. The number of aliphatic hydroxyl groups is 1. The molecule has 1 unspecified atom stereocenters. The number of benzene rings is 1. The van der Waals surface area contributed by atoms with E-state index in [2.05, 4.69) is 5.92 Å². The Morgan fingerprint density at radius 2 is 2.25 bits per heavy atom. The first kappa shape index (κ1) is 12.6. The number of hydrogen-bond donors (Lipinski definition) is 1. The maximum absolute atomic E-state index is 10.2. The summed E-state index contributed by atoms with van der Waals surface area (Å²) in [5.41, 5.74) is -0.798. The van der Waals surface area contributed by atoms with Gasteiger partial charge in [0.05, 0.1) is 13.7 Å². The van der Waals surface area contributed by atoms with Crippen LogP contribution in [0, 0.1) is 12.3 Å². The Labute approximate surface area is 96.0 Å². The zero-order chi connectivity index (χ0) is 12.0. The van der Waals surface area contributed by atoms with E-state index in [1.165, 1.54) is 0 Å². The van der Waals surface area contributed by atoms with Crippen molar-refractivity contribution in [1.82, 2.24) is 0 Å². The molecular formula is C13H16O3. The van der Waals surface area contributed by atoms with Crippen molar-refractivity contribution in [3.8, 4) is 18.1 Å². The Morgan fingerprint density at radius 3 is 2.81 bits per heavy atom. The van der Waals surface area contributed by atoms with Crippen LogP contribution in [0.25, 0.3) is 0 Å². The summed E-state index contributed by atoms with van der Waals surface area (Å²) in [6.07, 6.45) is 5.35. The van der Waals surface area contributed by atoms with Gasteiger partial charge in [-0.15, -0.1) is 6.42 Å². The zero-order valence-corrected chi connectivity index (χ0v) is 9.56. The summed E-state index contributed by atoms with van der Waals surface area (Å²) in [6, 6.07) is 7.03. The molecule has 0 aliphatic rings. The molecule has 1 aromatic rings. The van der Waals surface area contributed by atoms with Gasteiger partial charge in [-0.25, -0.2) is 0 Å². The predicted molar refractivity (Wildman–Crippen MR) is 62.2 cm³/mol. The van der Waals surface area contributed by atoms with Crippen LogP contribution in [0.3, 0.4) is 0 Å². The van der Waals surface area contributed by atoms with Crippen LogP contribution in [0.1, 0.15) is 12.5 Å². The first-order chi connectivity index (χ1) is 7.66. The Balaban J connectivity index is 2.98. The molecule has 0 saturated heterocycles. The summed E-state index contributed by atoms with van der Waals surface area (Å²) in [4.78, 5) is 0. The average Bonchev–Trinajstić information content (AvgIpc) is 2.36. The van der Waals surface area contributed by atoms with Crippen LogP contribution in [-0.4, -0.2) is 25.4 Å². The number of hydrogen-bond acceptors (Lipinski definition) is 3. The fourth-order valence-electron chi connectivity index (χ4n) is 1.34. The molecule has 86 valence electrons. The molecule has 0 aliphatic carbocycles. The van der Waals surface area contributed by atoms with Gasteiger partial charge in [-0.1, -0.05) is 18.1 Å². The van der Waals surface area contributed by atoms with E-state index in [1.54, 1.807) is 31.4 Å². The lowest BCUT2D eigenvalue weighted by molar-refractivity contribution is -0.00587. The summed E-state index contributed by atoms with van der Waals surface area (Å²) in [6.45, 7) is 2.43. The van der Waals surface area contributed by atoms with Crippen LogP contribution in [-0.2, 0) is 10.3 Å². The Morgan fingerprint density at radius 1 is 1.50 bits per heavy atom. The Kier molecular flexibility index (Phi) is 4.36. The molecule has 1 aromatic carbocycles. The standard InChI is InChI=1S/C13H16O3/c1-4-13(14,10-16-5-2)11-7-6-8-12(9-11)15-3/h1,6-9,14H,5,10H2,2-3H3. The van der Waals surface area contributed by atoms with E-state index in [-0.39, 0.29) is 6.61 Å². The molecule has 1 N–H and O–H groups in total. The van der Waals surface area contributed by atoms with Crippen LogP contribution in [0.2, 0.25) is 0 Å². The van der Waals surface area contributed by atoms with E-state index in [0.29, 0.717) is 17.9 Å². The lowest BCUT2D eigenvalue weighted by atomic mass is 9.95.